The van der Waals surface area contributed by atoms with Crippen LogP contribution in [0.2, 0.25) is 0 Å². The molecular weight excluding hydrogens is 178 g/mol. The van der Waals surface area contributed by atoms with E-state index in [0.717, 1.165) is 12.8 Å². The van der Waals surface area contributed by atoms with Crippen LogP contribution in [0.15, 0.2) is 0 Å². The summed E-state index contributed by atoms with van der Waals surface area (Å²) in [6, 6.07) is 0. The largest absolute Gasteiger partial charge is 0.348 e. The number of nitrogens with zero attached hydrogens (tertiary/aromatic N) is 1. The predicted octanol–water partition coefficient (Wildman–Crippen LogP) is 2.00. The third kappa shape index (κ3) is 6.63. The second-order valence-electron chi connectivity index (χ2n) is 3.81. The molecule has 0 N–H and O–H groups in total. The van der Waals surface area contributed by atoms with Crippen molar-refractivity contribution in [2.24, 2.45) is 0 Å². The maximum Gasteiger partial charge on any atom is 0.229 e. The molecular formula is C11H21NO2. The van der Waals surface area contributed by atoms with E-state index < -0.39 is 0 Å². The topological polar surface area (TPSA) is 37.4 Å². The molecule has 0 fully saturated rings. The Labute approximate surface area is 86.5 Å². The Morgan fingerprint density at radius 1 is 1.07 bits per heavy atom. The molecule has 0 saturated carbocycles. The minimum Gasteiger partial charge on any atom is -0.348 e. The molecule has 82 valence electrons. The Morgan fingerprint density at radius 2 is 1.71 bits per heavy atom. The van der Waals surface area contributed by atoms with Crippen molar-refractivity contribution in [2.45, 2.75) is 45.4 Å². The van der Waals surface area contributed by atoms with Crippen LogP contribution in [0.3, 0.4) is 0 Å². The molecule has 0 aromatic rings. The first-order valence-electron chi connectivity index (χ1n) is 5.29. The van der Waals surface area contributed by atoms with E-state index in [1.54, 1.807) is 14.1 Å². The Hall–Kier alpha value is -0.860. The fraction of sp³-hybridized carbons (Fsp3) is 0.818. The Bertz CT molecular complexity index is 188. The summed E-state index contributed by atoms with van der Waals surface area (Å²) in [5.41, 5.74) is 0. The fourth-order valence-electron chi connectivity index (χ4n) is 1.16. The van der Waals surface area contributed by atoms with Crippen molar-refractivity contribution in [2.75, 3.05) is 14.1 Å². The van der Waals surface area contributed by atoms with E-state index in [4.69, 9.17) is 0 Å². The summed E-state index contributed by atoms with van der Waals surface area (Å²) in [6.07, 6.45) is 4.99. The van der Waals surface area contributed by atoms with E-state index in [-0.39, 0.29) is 18.1 Å². The van der Waals surface area contributed by atoms with Gasteiger partial charge in [-0.3, -0.25) is 9.59 Å². The highest BCUT2D eigenvalue weighted by Gasteiger charge is 2.10. The average Bonchev–Trinajstić information content (AvgIpc) is 2.12. The smallest absolute Gasteiger partial charge is 0.229 e. The minimum atomic E-state index is -0.0921. The van der Waals surface area contributed by atoms with Crippen LogP contribution in [0, 0.1) is 0 Å². The molecule has 0 rings (SSSR count). The van der Waals surface area contributed by atoms with Crippen LogP contribution in [-0.2, 0) is 9.59 Å². The maximum atomic E-state index is 11.3. The van der Waals surface area contributed by atoms with Gasteiger partial charge in [-0.15, -0.1) is 0 Å². The van der Waals surface area contributed by atoms with Gasteiger partial charge in [-0.1, -0.05) is 26.2 Å². The van der Waals surface area contributed by atoms with Gasteiger partial charge in [0.25, 0.3) is 0 Å². The summed E-state index contributed by atoms with van der Waals surface area (Å²) in [4.78, 5) is 23.9. The number of carbonyl (C=O) groups excluding carboxylic acids is 2. The highest BCUT2D eigenvalue weighted by molar-refractivity contribution is 5.97. The van der Waals surface area contributed by atoms with Crippen LogP contribution in [0.25, 0.3) is 0 Å². The van der Waals surface area contributed by atoms with Crippen molar-refractivity contribution < 1.29 is 9.59 Å². The zero-order chi connectivity index (χ0) is 11.0. The van der Waals surface area contributed by atoms with Crippen LogP contribution < -0.4 is 0 Å². The van der Waals surface area contributed by atoms with E-state index >= 15 is 0 Å². The van der Waals surface area contributed by atoms with Gasteiger partial charge in [0.2, 0.25) is 5.91 Å². The van der Waals surface area contributed by atoms with Gasteiger partial charge in [0.05, 0.1) is 6.42 Å². The Morgan fingerprint density at radius 3 is 2.21 bits per heavy atom. The first-order chi connectivity index (χ1) is 6.57. The van der Waals surface area contributed by atoms with Crippen molar-refractivity contribution in [1.82, 2.24) is 4.90 Å². The molecule has 3 heteroatoms. The molecule has 0 aromatic carbocycles. The SMILES string of the molecule is CCCCCCC(=O)CC(=O)N(C)C. The van der Waals surface area contributed by atoms with Crippen LogP contribution in [-0.4, -0.2) is 30.7 Å². The number of rotatable bonds is 7. The summed E-state index contributed by atoms with van der Waals surface area (Å²) in [5, 5.41) is 0. The maximum absolute atomic E-state index is 11.3. The quantitative estimate of drug-likeness (QED) is 0.464. The van der Waals surface area contributed by atoms with Gasteiger partial charge < -0.3 is 4.90 Å². The number of carbonyl (C=O) groups is 2. The highest BCUT2D eigenvalue weighted by atomic mass is 16.2. The van der Waals surface area contributed by atoms with Crippen molar-refractivity contribution in [1.29, 1.82) is 0 Å². The first-order valence-corrected chi connectivity index (χ1v) is 5.29. The van der Waals surface area contributed by atoms with Crippen molar-refractivity contribution >= 4 is 11.7 Å². The summed E-state index contributed by atoms with van der Waals surface area (Å²) in [7, 11) is 3.35. The molecule has 0 radical (unpaired) electrons. The normalized spacial score (nSPS) is 9.93. The molecule has 0 aromatic heterocycles. The molecule has 0 unspecified atom stereocenters. The second-order valence-corrected chi connectivity index (χ2v) is 3.81. The molecule has 0 saturated heterocycles. The van der Waals surface area contributed by atoms with Crippen molar-refractivity contribution in [3.63, 3.8) is 0 Å². The van der Waals surface area contributed by atoms with E-state index in [2.05, 4.69) is 6.92 Å². The number of ketones is 1. The zero-order valence-electron chi connectivity index (χ0n) is 9.51. The fourth-order valence-corrected chi connectivity index (χ4v) is 1.16. The minimum absolute atomic E-state index is 0.0686. The zero-order valence-corrected chi connectivity index (χ0v) is 9.51. The van der Waals surface area contributed by atoms with E-state index in [0.29, 0.717) is 6.42 Å². The number of hydrogen-bond acceptors (Lipinski definition) is 2. The van der Waals surface area contributed by atoms with E-state index in [1.807, 2.05) is 0 Å². The number of unbranched alkanes of at least 4 members (excludes halogenated alkanes) is 3. The van der Waals surface area contributed by atoms with Crippen LogP contribution >= 0.6 is 0 Å². The molecule has 1 amide bonds. The second kappa shape index (κ2) is 7.54. The van der Waals surface area contributed by atoms with E-state index in [1.165, 1.54) is 17.7 Å². The number of Topliss-reactive ketones (excluding diaryl/α,β-unsaturated/α-hetero) is 1. The molecule has 0 heterocycles. The molecule has 0 aliphatic carbocycles. The molecule has 14 heavy (non-hydrogen) atoms. The third-order valence-corrected chi connectivity index (χ3v) is 2.16. The van der Waals surface area contributed by atoms with Gasteiger partial charge in [-0.05, 0) is 6.42 Å². The highest BCUT2D eigenvalue weighted by Crippen LogP contribution is 2.04. The van der Waals surface area contributed by atoms with Gasteiger partial charge in [0, 0.05) is 20.5 Å². The number of amides is 1. The molecule has 0 aliphatic rings. The Kier molecular flexibility index (Phi) is 7.07. The predicted molar refractivity (Wildman–Crippen MR) is 57.1 cm³/mol. The van der Waals surface area contributed by atoms with Crippen LogP contribution in [0.4, 0.5) is 0 Å². The summed E-state index contributed by atoms with van der Waals surface area (Å²) >= 11 is 0. The molecule has 0 spiro atoms. The first kappa shape index (κ1) is 13.1. The molecule has 3 nitrogen and oxygen atoms in total. The standard InChI is InChI=1S/C11H21NO2/c1-4-5-6-7-8-10(13)9-11(14)12(2)3/h4-9H2,1-3H3. The molecule has 0 bridgehead atoms. The van der Waals surface area contributed by atoms with Crippen LogP contribution in [0.5, 0.6) is 0 Å². The van der Waals surface area contributed by atoms with Gasteiger partial charge in [-0.25, -0.2) is 0 Å². The monoisotopic (exact) mass is 199 g/mol. The lowest BCUT2D eigenvalue weighted by molar-refractivity contribution is -0.133. The van der Waals surface area contributed by atoms with E-state index in [9.17, 15) is 9.59 Å². The number of hydrogen-bond donors (Lipinski definition) is 0. The van der Waals surface area contributed by atoms with Gasteiger partial charge in [0.15, 0.2) is 0 Å². The lowest BCUT2D eigenvalue weighted by atomic mass is 10.1. The summed E-state index contributed by atoms with van der Waals surface area (Å²) < 4.78 is 0. The lowest BCUT2D eigenvalue weighted by Crippen LogP contribution is -2.24. The van der Waals surface area contributed by atoms with Gasteiger partial charge in [-0.2, -0.15) is 0 Å². The summed E-state index contributed by atoms with van der Waals surface area (Å²) in [5.74, 6) is -0.0229. The van der Waals surface area contributed by atoms with Crippen molar-refractivity contribution in [3.05, 3.63) is 0 Å². The van der Waals surface area contributed by atoms with Crippen LogP contribution in [0.1, 0.15) is 45.4 Å². The van der Waals surface area contributed by atoms with Gasteiger partial charge >= 0.3 is 0 Å². The van der Waals surface area contributed by atoms with Gasteiger partial charge in [0.1, 0.15) is 5.78 Å². The molecule has 0 atom stereocenters. The lowest BCUT2D eigenvalue weighted by Gasteiger charge is -2.08. The molecule has 0 aliphatic heterocycles. The average molecular weight is 199 g/mol. The summed E-state index contributed by atoms with van der Waals surface area (Å²) in [6.45, 7) is 2.14. The Balaban J connectivity index is 3.51. The third-order valence-electron chi connectivity index (χ3n) is 2.16. The van der Waals surface area contributed by atoms with Crippen molar-refractivity contribution in [3.8, 4) is 0 Å².